The number of nitrogens with zero attached hydrogens (tertiary/aromatic N) is 2. The molecule has 1 aliphatic rings. The van der Waals surface area contributed by atoms with E-state index in [4.69, 9.17) is 10.9 Å². The van der Waals surface area contributed by atoms with Crippen LogP contribution in [0.4, 0.5) is 0 Å². The average Bonchev–Trinajstić information content (AvgIpc) is 2.46. The first-order valence-corrected chi connectivity index (χ1v) is 6.96. The van der Waals surface area contributed by atoms with Crippen molar-refractivity contribution in [2.24, 2.45) is 10.9 Å². The largest absolute Gasteiger partial charge is 0.409 e. The number of carbonyl (C=O) groups is 1. The molecule has 0 bridgehead atoms. The minimum atomic E-state index is -0.310. The molecule has 1 amide bonds. The summed E-state index contributed by atoms with van der Waals surface area (Å²) in [6.07, 6.45) is 2.65. The van der Waals surface area contributed by atoms with E-state index >= 15 is 0 Å². The lowest BCUT2D eigenvalue weighted by Crippen LogP contribution is -2.50. The zero-order valence-corrected chi connectivity index (χ0v) is 12.0. The van der Waals surface area contributed by atoms with Crippen LogP contribution in [-0.4, -0.2) is 34.4 Å². The van der Waals surface area contributed by atoms with Crippen LogP contribution in [0, 0.1) is 0 Å². The molecule has 6 heteroatoms. The lowest BCUT2D eigenvalue weighted by Gasteiger charge is -2.34. The van der Waals surface area contributed by atoms with E-state index in [1.165, 1.54) is 0 Å². The summed E-state index contributed by atoms with van der Waals surface area (Å²) in [7, 11) is 0. The molecule has 19 heavy (non-hydrogen) atoms. The van der Waals surface area contributed by atoms with Gasteiger partial charge in [0, 0.05) is 16.6 Å². The van der Waals surface area contributed by atoms with E-state index in [0.717, 1.165) is 23.7 Å². The standard InChI is InChI=1S/C13H16BrN3O2/c14-10-6-4-9(5-7-10)13(18)17-8-2-1-3-11(17)12(15)16-19/h4-7,11,19H,1-3,8H2,(H2,15,16). The third-order valence-electron chi connectivity index (χ3n) is 3.31. The topological polar surface area (TPSA) is 78.9 Å². The highest BCUT2D eigenvalue weighted by Gasteiger charge is 2.30. The number of carbonyl (C=O) groups excluding carboxylic acids is 1. The lowest BCUT2D eigenvalue weighted by atomic mass is 10.00. The summed E-state index contributed by atoms with van der Waals surface area (Å²) in [6.45, 7) is 0.635. The Kier molecular flexibility index (Phi) is 4.42. The first-order chi connectivity index (χ1) is 9.13. The van der Waals surface area contributed by atoms with E-state index in [9.17, 15) is 4.79 Å². The monoisotopic (exact) mass is 325 g/mol. The van der Waals surface area contributed by atoms with E-state index in [1.807, 2.05) is 12.1 Å². The van der Waals surface area contributed by atoms with E-state index < -0.39 is 0 Å². The number of hydrogen-bond donors (Lipinski definition) is 2. The maximum atomic E-state index is 12.5. The second kappa shape index (κ2) is 6.06. The van der Waals surface area contributed by atoms with Gasteiger partial charge in [-0.2, -0.15) is 0 Å². The summed E-state index contributed by atoms with van der Waals surface area (Å²) in [5, 5.41) is 11.9. The van der Waals surface area contributed by atoms with Gasteiger partial charge in [0.1, 0.15) is 0 Å². The molecule has 1 atom stereocenters. The van der Waals surface area contributed by atoms with Crippen LogP contribution in [0.5, 0.6) is 0 Å². The summed E-state index contributed by atoms with van der Waals surface area (Å²) in [5.74, 6) is 0.0222. The number of nitrogens with two attached hydrogens (primary N) is 1. The van der Waals surface area contributed by atoms with Gasteiger partial charge in [0.15, 0.2) is 5.84 Å². The van der Waals surface area contributed by atoms with E-state index in [0.29, 0.717) is 12.1 Å². The smallest absolute Gasteiger partial charge is 0.254 e. The first kappa shape index (κ1) is 13.9. The molecule has 0 aromatic heterocycles. The Hall–Kier alpha value is -1.56. The minimum Gasteiger partial charge on any atom is -0.409 e. The number of halogens is 1. The van der Waals surface area contributed by atoms with Crippen LogP contribution in [0.15, 0.2) is 33.9 Å². The Morgan fingerprint density at radius 2 is 2.05 bits per heavy atom. The van der Waals surface area contributed by atoms with E-state index in [-0.39, 0.29) is 17.8 Å². The van der Waals surface area contributed by atoms with Crippen molar-refractivity contribution in [3.8, 4) is 0 Å². The van der Waals surface area contributed by atoms with E-state index in [1.54, 1.807) is 17.0 Å². The van der Waals surface area contributed by atoms with Crippen LogP contribution in [0.2, 0.25) is 0 Å². The predicted octanol–water partition coefficient (Wildman–Crippen LogP) is 2.19. The molecule has 1 saturated heterocycles. The van der Waals surface area contributed by atoms with Gasteiger partial charge in [0.05, 0.1) is 6.04 Å². The summed E-state index contributed by atoms with van der Waals surface area (Å²) in [5.41, 5.74) is 6.29. The summed E-state index contributed by atoms with van der Waals surface area (Å²) >= 11 is 3.34. The van der Waals surface area contributed by atoms with Crippen molar-refractivity contribution in [3.63, 3.8) is 0 Å². The second-order valence-corrected chi connectivity index (χ2v) is 5.46. The molecule has 1 heterocycles. The zero-order chi connectivity index (χ0) is 13.8. The molecule has 1 aromatic carbocycles. The minimum absolute atomic E-state index is 0.0798. The Bertz CT molecular complexity index is 487. The average molecular weight is 326 g/mol. The van der Waals surface area contributed by atoms with Gasteiger partial charge < -0.3 is 15.8 Å². The van der Waals surface area contributed by atoms with Crippen LogP contribution in [-0.2, 0) is 0 Å². The van der Waals surface area contributed by atoms with Crippen molar-refractivity contribution >= 4 is 27.7 Å². The number of oxime groups is 1. The quantitative estimate of drug-likeness (QED) is 0.378. The van der Waals surface area contributed by atoms with Crippen LogP contribution in [0.3, 0.4) is 0 Å². The van der Waals surface area contributed by atoms with Crippen molar-refractivity contribution in [2.45, 2.75) is 25.3 Å². The number of likely N-dealkylation sites (tertiary alicyclic amines) is 1. The van der Waals surface area contributed by atoms with Gasteiger partial charge in [-0.05, 0) is 43.5 Å². The number of benzene rings is 1. The molecule has 1 fully saturated rings. The highest BCUT2D eigenvalue weighted by Crippen LogP contribution is 2.20. The molecule has 0 spiro atoms. The molecule has 5 nitrogen and oxygen atoms in total. The third-order valence-corrected chi connectivity index (χ3v) is 3.84. The maximum absolute atomic E-state index is 12.5. The van der Waals surface area contributed by atoms with Crippen LogP contribution in [0.1, 0.15) is 29.6 Å². The van der Waals surface area contributed by atoms with Gasteiger partial charge in [-0.3, -0.25) is 4.79 Å². The van der Waals surface area contributed by atoms with Gasteiger partial charge in [-0.1, -0.05) is 21.1 Å². The molecule has 2 rings (SSSR count). The molecular formula is C13H16BrN3O2. The Labute approximate surface area is 120 Å². The van der Waals surface area contributed by atoms with Crippen molar-refractivity contribution in [2.75, 3.05) is 6.54 Å². The van der Waals surface area contributed by atoms with Gasteiger partial charge in [0.2, 0.25) is 0 Å². The number of hydrogen-bond acceptors (Lipinski definition) is 3. The van der Waals surface area contributed by atoms with Gasteiger partial charge >= 0.3 is 0 Å². The fraction of sp³-hybridized carbons (Fsp3) is 0.385. The zero-order valence-electron chi connectivity index (χ0n) is 10.4. The van der Waals surface area contributed by atoms with Crippen molar-refractivity contribution < 1.29 is 10.0 Å². The Morgan fingerprint density at radius 3 is 2.68 bits per heavy atom. The molecule has 3 N–H and O–H groups in total. The van der Waals surface area contributed by atoms with E-state index in [2.05, 4.69) is 21.1 Å². The third kappa shape index (κ3) is 3.07. The molecule has 0 radical (unpaired) electrons. The number of amidine groups is 1. The normalized spacial score (nSPS) is 20.4. The van der Waals surface area contributed by atoms with Crippen LogP contribution >= 0.6 is 15.9 Å². The van der Waals surface area contributed by atoms with Crippen molar-refractivity contribution in [1.82, 2.24) is 4.90 Å². The van der Waals surface area contributed by atoms with Crippen molar-refractivity contribution in [3.05, 3.63) is 34.3 Å². The lowest BCUT2D eigenvalue weighted by molar-refractivity contribution is 0.0676. The fourth-order valence-electron chi connectivity index (χ4n) is 2.31. The van der Waals surface area contributed by atoms with Gasteiger partial charge in [0.25, 0.3) is 5.91 Å². The Balaban J connectivity index is 2.22. The molecule has 0 aliphatic carbocycles. The molecule has 1 aromatic rings. The SMILES string of the molecule is NC(=NO)C1CCCCN1C(=O)c1ccc(Br)cc1. The highest BCUT2D eigenvalue weighted by atomic mass is 79.9. The molecule has 1 unspecified atom stereocenters. The Morgan fingerprint density at radius 1 is 1.37 bits per heavy atom. The highest BCUT2D eigenvalue weighted by molar-refractivity contribution is 9.10. The van der Waals surface area contributed by atoms with Crippen LogP contribution in [0.25, 0.3) is 0 Å². The second-order valence-electron chi connectivity index (χ2n) is 4.54. The summed E-state index contributed by atoms with van der Waals surface area (Å²) in [4.78, 5) is 14.1. The number of piperidine rings is 1. The van der Waals surface area contributed by atoms with Gasteiger partial charge in [-0.15, -0.1) is 0 Å². The molecule has 0 saturated carbocycles. The number of rotatable bonds is 2. The molecule has 102 valence electrons. The molecular weight excluding hydrogens is 310 g/mol. The first-order valence-electron chi connectivity index (χ1n) is 6.17. The fourth-order valence-corrected chi connectivity index (χ4v) is 2.57. The van der Waals surface area contributed by atoms with Crippen LogP contribution < -0.4 is 5.73 Å². The van der Waals surface area contributed by atoms with Crippen molar-refractivity contribution in [1.29, 1.82) is 0 Å². The predicted molar refractivity (Wildman–Crippen MR) is 76.2 cm³/mol. The summed E-state index contributed by atoms with van der Waals surface area (Å²) in [6, 6.07) is 6.88. The maximum Gasteiger partial charge on any atom is 0.254 e. The summed E-state index contributed by atoms with van der Waals surface area (Å²) < 4.78 is 0.927. The van der Waals surface area contributed by atoms with Gasteiger partial charge in [-0.25, -0.2) is 0 Å². The number of amides is 1. The molecule has 1 aliphatic heterocycles.